The Hall–Kier alpha value is -9.58. The largest absolute Gasteiger partial charge is 0.480 e. The number of nitrogens with two attached hydrogens (primary N) is 6. The normalized spacial score (nSPS) is 13.2. The first-order valence-electron chi connectivity index (χ1n) is 26.5. The van der Waals surface area contributed by atoms with Crippen molar-refractivity contribution in [1.82, 2.24) is 62.5 Å². The van der Waals surface area contributed by atoms with Crippen LogP contribution >= 0.6 is 0 Å². The molecule has 0 spiro atoms. The monoisotopic (exact) mass is 1140 g/mol. The summed E-state index contributed by atoms with van der Waals surface area (Å²) >= 11 is 0. The molecule has 3 aromatic heterocycles. The van der Waals surface area contributed by atoms with Gasteiger partial charge in [0.15, 0.2) is 11.9 Å². The highest BCUT2D eigenvalue weighted by Crippen LogP contribution is 2.20. The number of aliphatic carboxylic acids is 1. The van der Waals surface area contributed by atoms with Crippen molar-refractivity contribution in [3.63, 3.8) is 0 Å². The summed E-state index contributed by atoms with van der Waals surface area (Å²) in [5.41, 5.74) is 37.5. The van der Waals surface area contributed by atoms with Crippen LogP contribution < -0.4 is 76.9 Å². The van der Waals surface area contributed by atoms with E-state index in [-0.39, 0.29) is 82.9 Å². The molecule has 0 fully saturated rings. The molecule has 2 aromatic carbocycles. The summed E-state index contributed by atoms with van der Waals surface area (Å²) in [4.78, 5) is 142. The summed E-state index contributed by atoms with van der Waals surface area (Å²) < 4.78 is 0. The number of guanidine groups is 2. The van der Waals surface area contributed by atoms with E-state index in [1.165, 1.54) is 12.5 Å². The molecule has 6 atom stereocenters. The highest BCUT2D eigenvalue weighted by Gasteiger charge is 2.32. The number of aromatic nitrogens is 4. The van der Waals surface area contributed by atoms with Crippen LogP contribution in [0, 0.1) is 0 Å². The number of unbranched alkanes of at least 4 members (excludes halogenated alkanes) is 1. The summed E-state index contributed by atoms with van der Waals surface area (Å²) in [5.74, 6) is -8.11. The zero-order valence-electron chi connectivity index (χ0n) is 45.1. The first kappa shape index (κ1) is 63.3. The first-order chi connectivity index (χ1) is 39.3. The van der Waals surface area contributed by atoms with Crippen molar-refractivity contribution in [2.75, 3.05) is 39.3 Å². The van der Waals surface area contributed by atoms with Gasteiger partial charge < -0.3 is 97.0 Å². The maximum absolute atomic E-state index is 14.3. The number of carboxylic acid groups (broad SMARTS) is 1. The highest BCUT2D eigenvalue weighted by molar-refractivity contribution is 5.97. The number of para-hydroxylation sites is 2. The molecule has 0 radical (unpaired) electrons. The van der Waals surface area contributed by atoms with Crippen molar-refractivity contribution in [1.29, 1.82) is 0 Å². The van der Waals surface area contributed by atoms with Crippen LogP contribution in [0.15, 0.2) is 83.4 Å². The van der Waals surface area contributed by atoms with Crippen molar-refractivity contribution in [2.24, 2.45) is 44.4 Å². The van der Waals surface area contributed by atoms with Gasteiger partial charge in [-0.05, 0) is 81.2 Å². The quantitative estimate of drug-likeness (QED) is 0.0104. The van der Waals surface area contributed by atoms with Gasteiger partial charge in [-0.25, -0.2) is 9.78 Å². The maximum Gasteiger partial charge on any atom is 0.326 e. The molecule has 0 aliphatic carbocycles. The van der Waals surface area contributed by atoms with Gasteiger partial charge in [-0.1, -0.05) is 36.4 Å². The van der Waals surface area contributed by atoms with E-state index >= 15 is 0 Å². The average molecular weight is 1140 g/mol. The predicted octanol–water partition coefficient (Wildman–Crippen LogP) is -4.18. The molecule has 0 bridgehead atoms. The molecular formula is C52H74N20O10. The summed E-state index contributed by atoms with van der Waals surface area (Å²) in [6.45, 7) is -1.49. The van der Waals surface area contributed by atoms with Gasteiger partial charge in [0, 0.05) is 72.0 Å². The molecular weight excluding hydrogens is 1060 g/mol. The average Bonchev–Trinajstić information content (AvgIpc) is 4.23. The molecule has 0 aliphatic rings. The van der Waals surface area contributed by atoms with E-state index in [1.54, 1.807) is 24.5 Å². The number of amides is 8. The highest BCUT2D eigenvalue weighted by atomic mass is 16.4. The molecule has 0 saturated carbocycles. The van der Waals surface area contributed by atoms with E-state index in [4.69, 9.17) is 34.4 Å². The zero-order valence-corrected chi connectivity index (χ0v) is 45.1. The Labute approximate surface area is 470 Å². The number of aromatic amines is 3. The summed E-state index contributed by atoms with van der Waals surface area (Å²) in [7, 11) is 0. The number of benzene rings is 2. The molecule has 82 heavy (non-hydrogen) atoms. The van der Waals surface area contributed by atoms with Crippen LogP contribution in [0.3, 0.4) is 0 Å². The smallest absolute Gasteiger partial charge is 0.326 e. The van der Waals surface area contributed by atoms with Gasteiger partial charge in [0.25, 0.3) is 0 Å². The van der Waals surface area contributed by atoms with Crippen LogP contribution in [0.4, 0.5) is 0 Å². The fraction of sp³-hybridized carbons (Fsp3) is 0.423. The van der Waals surface area contributed by atoms with E-state index in [9.17, 15) is 48.3 Å². The lowest BCUT2D eigenvalue weighted by molar-refractivity contribution is -0.141. The number of nitrogens with zero attached hydrogens (tertiary/aromatic N) is 3. The van der Waals surface area contributed by atoms with Gasteiger partial charge in [0.1, 0.15) is 30.2 Å². The molecule has 24 N–H and O–H groups in total. The van der Waals surface area contributed by atoms with Gasteiger partial charge in [0.05, 0.1) is 32.0 Å². The SMILES string of the molecule is NCCCC[C@H](NC(=O)[C@H](Cc1cnc[nH]1)NC(=O)CNC(=O)CNC(=O)[C@@H](N)Cc1c[nH]c2ccccc12)C(=O)N[C@@H](CCCN=C(N)N)C(=O)N[C@@H](CCCN=C(N)N)C(=O)NCC(=O)N[C@@H](Cc1c[nH]c2ccccc12)C(=O)O. The lowest BCUT2D eigenvalue weighted by Gasteiger charge is -2.26. The number of aliphatic imine (C=N–C) groups is 2. The van der Waals surface area contributed by atoms with E-state index in [0.29, 0.717) is 24.1 Å². The van der Waals surface area contributed by atoms with Crippen LogP contribution in [0.1, 0.15) is 61.8 Å². The van der Waals surface area contributed by atoms with Crippen molar-refractivity contribution in [2.45, 2.75) is 100 Å². The summed E-state index contributed by atoms with van der Waals surface area (Å²) in [5, 5.41) is 31.9. The first-order valence-corrected chi connectivity index (χ1v) is 26.5. The predicted molar refractivity (Wildman–Crippen MR) is 303 cm³/mol. The molecule has 0 saturated heterocycles. The fourth-order valence-corrected chi connectivity index (χ4v) is 8.62. The van der Waals surface area contributed by atoms with Gasteiger partial charge >= 0.3 is 5.97 Å². The Kier molecular flexibility index (Phi) is 25.1. The third-order valence-corrected chi connectivity index (χ3v) is 12.8. The summed E-state index contributed by atoms with van der Waals surface area (Å²) in [6.07, 6.45) is 7.02. The number of rotatable bonds is 35. The second-order valence-electron chi connectivity index (χ2n) is 19.2. The second kappa shape index (κ2) is 32.5. The molecule has 5 aromatic rings. The number of hydrogen-bond acceptors (Lipinski definition) is 14. The minimum absolute atomic E-state index is 0.0114. The van der Waals surface area contributed by atoms with Crippen molar-refractivity contribution in [3.05, 3.63) is 90.3 Å². The number of carbonyl (C=O) groups excluding carboxylic acids is 8. The zero-order chi connectivity index (χ0) is 59.6. The van der Waals surface area contributed by atoms with Crippen molar-refractivity contribution >= 4 is 87.0 Å². The van der Waals surface area contributed by atoms with Crippen LogP contribution in [0.25, 0.3) is 21.8 Å². The molecule has 0 unspecified atom stereocenters. The third kappa shape index (κ3) is 20.9. The number of carboxylic acids is 1. The van der Waals surface area contributed by atoms with Crippen molar-refractivity contribution < 1.29 is 48.3 Å². The minimum atomic E-state index is -1.39. The second-order valence-corrected chi connectivity index (χ2v) is 19.2. The minimum Gasteiger partial charge on any atom is -0.480 e. The molecule has 442 valence electrons. The van der Waals surface area contributed by atoms with Gasteiger partial charge in [-0.2, -0.15) is 0 Å². The molecule has 30 nitrogen and oxygen atoms in total. The number of carbonyl (C=O) groups is 9. The van der Waals surface area contributed by atoms with Gasteiger partial charge in [-0.3, -0.25) is 48.3 Å². The Morgan fingerprint density at radius 3 is 1.52 bits per heavy atom. The Morgan fingerprint density at radius 2 is 1.00 bits per heavy atom. The van der Waals surface area contributed by atoms with Crippen molar-refractivity contribution in [3.8, 4) is 0 Å². The molecule has 5 rings (SSSR count). The van der Waals surface area contributed by atoms with E-state index < -0.39 is 109 Å². The third-order valence-electron chi connectivity index (χ3n) is 12.8. The lowest BCUT2D eigenvalue weighted by Crippen LogP contribution is -2.59. The number of fused-ring (bicyclic) bond motifs is 2. The van der Waals surface area contributed by atoms with Crippen LogP contribution in [-0.2, 0) is 62.4 Å². The molecule has 3 heterocycles. The van der Waals surface area contributed by atoms with E-state index in [0.717, 1.165) is 27.4 Å². The van der Waals surface area contributed by atoms with Gasteiger partial charge in [0.2, 0.25) is 47.3 Å². The van der Waals surface area contributed by atoms with Crippen LogP contribution in [-0.4, -0.2) is 166 Å². The Balaban J connectivity index is 1.24. The topological polar surface area (TPSA) is 511 Å². The number of imidazole rings is 1. The standard InChI is InChI=1S/C52H74N20O10/c53-16-6-5-13-38(72-49(80)40(21-31-24-59-28-67-31)68-43(74)26-64-42(73)25-65-45(76)34(54)19-29-22-62-35-11-3-1-9-32(29)35)47(78)71-39(15-8-18-61-52(57)58)48(79)70-37(14-7-17-60-51(55)56)46(77)66-27-44(75)69-41(50(81)82)20-30-23-63-36-12-4-2-10-33(30)36/h1-4,9-12,22-24,28,34,37-41,62-63H,5-8,13-21,25-27,53-54H2,(H,59,67)(H,64,73)(H,65,76)(H,66,77)(H,68,74)(H,69,75)(H,70,79)(H,71,78)(H,72,80)(H,81,82)(H4,55,56,60)(H4,57,58,61)/t34-,37-,38-,39-,40-,41-/m0/s1. The van der Waals surface area contributed by atoms with Crippen LogP contribution in [0.5, 0.6) is 0 Å². The Bertz CT molecular complexity index is 3020. The molecule has 8 amide bonds. The molecule has 30 heteroatoms. The van der Waals surface area contributed by atoms with Crippen LogP contribution in [0.2, 0.25) is 0 Å². The number of H-pyrrole nitrogens is 3. The lowest BCUT2D eigenvalue weighted by atomic mass is 10.0. The van der Waals surface area contributed by atoms with Gasteiger partial charge in [-0.15, -0.1) is 0 Å². The fourth-order valence-electron chi connectivity index (χ4n) is 8.62. The van der Waals surface area contributed by atoms with E-state index in [2.05, 4.69) is 72.5 Å². The summed E-state index contributed by atoms with van der Waals surface area (Å²) in [6, 6.07) is 6.95. The molecule has 0 aliphatic heterocycles. The number of nitrogens with one attached hydrogen (secondary N) is 11. The Morgan fingerprint density at radius 1 is 0.524 bits per heavy atom. The maximum atomic E-state index is 14.3. The number of hydrogen-bond donors (Lipinski definition) is 18. The van der Waals surface area contributed by atoms with E-state index in [1.807, 2.05) is 36.4 Å².